The van der Waals surface area contributed by atoms with Crippen molar-refractivity contribution in [3.63, 3.8) is 0 Å². The highest BCUT2D eigenvalue weighted by molar-refractivity contribution is 9.10. The predicted molar refractivity (Wildman–Crippen MR) is 88.6 cm³/mol. The Morgan fingerprint density at radius 1 is 1.21 bits per heavy atom. The normalized spacial score (nSPS) is 13.4. The van der Waals surface area contributed by atoms with Gasteiger partial charge in [-0.2, -0.15) is 0 Å². The van der Waals surface area contributed by atoms with Gasteiger partial charge in [0.25, 0.3) is 11.8 Å². The van der Waals surface area contributed by atoms with Gasteiger partial charge in [0.2, 0.25) is 5.91 Å². The van der Waals surface area contributed by atoms with Gasteiger partial charge in [-0.05, 0) is 32.0 Å². The van der Waals surface area contributed by atoms with Crippen LogP contribution in [0.1, 0.15) is 41.0 Å². The highest BCUT2D eigenvalue weighted by Gasteiger charge is 2.37. The number of carboxylic acid groups (broad SMARTS) is 1. The Labute approximate surface area is 147 Å². The summed E-state index contributed by atoms with van der Waals surface area (Å²) in [5.41, 5.74) is 0.515. The SMILES string of the molecule is CC(C)N(CCC(=O)O)C(=O)CN1C(=O)c2ccc(Br)cc2C1=O. The van der Waals surface area contributed by atoms with Crippen molar-refractivity contribution in [1.29, 1.82) is 0 Å². The lowest BCUT2D eigenvalue weighted by Gasteiger charge is -2.27. The van der Waals surface area contributed by atoms with Crippen LogP contribution >= 0.6 is 15.9 Å². The Morgan fingerprint density at radius 2 is 1.83 bits per heavy atom. The minimum Gasteiger partial charge on any atom is -0.481 e. The van der Waals surface area contributed by atoms with Crippen LogP contribution in [-0.2, 0) is 9.59 Å². The van der Waals surface area contributed by atoms with Crippen LogP contribution in [0, 0.1) is 0 Å². The zero-order valence-corrected chi connectivity index (χ0v) is 14.9. The van der Waals surface area contributed by atoms with E-state index in [1.807, 2.05) is 0 Å². The minimum absolute atomic E-state index is 0.0283. The summed E-state index contributed by atoms with van der Waals surface area (Å²) >= 11 is 3.25. The maximum Gasteiger partial charge on any atom is 0.305 e. The molecule has 1 aromatic rings. The van der Waals surface area contributed by atoms with Crippen LogP contribution in [0.3, 0.4) is 0 Å². The predicted octanol–water partition coefficient (Wildman–Crippen LogP) is 1.76. The van der Waals surface area contributed by atoms with E-state index < -0.39 is 30.2 Å². The topological polar surface area (TPSA) is 95.0 Å². The Balaban J connectivity index is 2.15. The third-order valence-electron chi connectivity index (χ3n) is 3.74. The number of carbonyl (C=O) groups excluding carboxylic acids is 3. The first kappa shape index (κ1) is 18.1. The number of aliphatic carboxylic acids is 1. The van der Waals surface area contributed by atoms with Crippen molar-refractivity contribution in [1.82, 2.24) is 9.80 Å². The summed E-state index contributed by atoms with van der Waals surface area (Å²) in [6.45, 7) is 3.13. The molecule has 0 saturated carbocycles. The van der Waals surface area contributed by atoms with Gasteiger partial charge in [-0.3, -0.25) is 24.1 Å². The molecule has 1 aliphatic heterocycles. The fraction of sp³-hybridized carbons (Fsp3) is 0.375. The number of halogens is 1. The number of rotatable bonds is 6. The molecule has 0 saturated heterocycles. The average molecular weight is 397 g/mol. The molecular formula is C16H17BrN2O5. The monoisotopic (exact) mass is 396 g/mol. The van der Waals surface area contributed by atoms with Crippen LogP contribution in [-0.4, -0.2) is 57.7 Å². The van der Waals surface area contributed by atoms with E-state index in [-0.39, 0.29) is 30.1 Å². The number of nitrogens with zero attached hydrogens (tertiary/aromatic N) is 2. The maximum absolute atomic E-state index is 12.4. The molecule has 8 heteroatoms. The van der Waals surface area contributed by atoms with Crippen molar-refractivity contribution in [2.24, 2.45) is 0 Å². The molecule has 0 bridgehead atoms. The van der Waals surface area contributed by atoms with Crippen LogP contribution in [0.15, 0.2) is 22.7 Å². The lowest BCUT2D eigenvalue weighted by atomic mass is 10.1. The van der Waals surface area contributed by atoms with Crippen LogP contribution in [0.2, 0.25) is 0 Å². The molecule has 0 atom stereocenters. The quantitative estimate of drug-likeness (QED) is 0.739. The molecule has 1 heterocycles. The number of carbonyl (C=O) groups is 4. The molecule has 2 rings (SSSR count). The highest BCUT2D eigenvalue weighted by Crippen LogP contribution is 2.26. The molecule has 1 N–H and O–H groups in total. The van der Waals surface area contributed by atoms with E-state index in [1.54, 1.807) is 26.0 Å². The second-order valence-corrected chi connectivity index (χ2v) is 6.63. The third-order valence-corrected chi connectivity index (χ3v) is 4.23. The van der Waals surface area contributed by atoms with Crippen LogP contribution < -0.4 is 0 Å². The number of fused-ring (bicyclic) bond motifs is 1. The molecule has 3 amide bonds. The summed E-state index contributed by atoms with van der Waals surface area (Å²) in [5.74, 6) is -2.51. The van der Waals surface area contributed by atoms with Crippen molar-refractivity contribution < 1.29 is 24.3 Å². The number of imide groups is 1. The fourth-order valence-corrected chi connectivity index (χ4v) is 2.88. The molecule has 1 aromatic carbocycles. The summed E-state index contributed by atoms with van der Waals surface area (Å²) in [7, 11) is 0. The lowest BCUT2D eigenvalue weighted by Crippen LogP contribution is -2.46. The minimum atomic E-state index is -1.01. The first-order chi connectivity index (χ1) is 11.2. The fourth-order valence-electron chi connectivity index (χ4n) is 2.52. The Hall–Kier alpha value is -2.22. The zero-order chi connectivity index (χ0) is 18.0. The molecule has 0 fully saturated rings. The second-order valence-electron chi connectivity index (χ2n) is 5.71. The number of carboxylic acids is 1. The van der Waals surface area contributed by atoms with Gasteiger partial charge < -0.3 is 10.0 Å². The molecule has 0 aromatic heterocycles. The van der Waals surface area contributed by atoms with E-state index in [2.05, 4.69) is 15.9 Å². The summed E-state index contributed by atoms with van der Waals surface area (Å²) in [6, 6.07) is 4.50. The van der Waals surface area contributed by atoms with Crippen LogP contribution in [0.25, 0.3) is 0 Å². The van der Waals surface area contributed by atoms with E-state index in [9.17, 15) is 19.2 Å². The molecule has 0 spiro atoms. The van der Waals surface area contributed by atoms with E-state index in [0.29, 0.717) is 4.47 Å². The van der Waals surface area contributed by atoms with Crippen LogP contribution in [0.4, 0.5) is 0 Å². The zero-order valence-electron chi connectivity index (χ0n) is 13.3. The third kappa shape index (κ3) is 3.64. The van der Waals surface area contributed by atoms with Crippen molar-refractivity contribution in [2.45, 2.75) is 26.3 Å². The van der Waals surface area contributed by atoms with Gasteiger partial charge in [-0.15, -0.1) is 0 Å². The highest BCUT2D eigenvalue weighted by atomic mass is 79.9. The molecule has 24 heavy (non-hydrogen) atoms. The van der Waals surface area contributed by atoms with E-state index >= 15 is 0 Å². The summed E-state index contributed by atoms with van der Waals surface area (Å²) in [5, 5.41) is 8.78. The van der Waals surface area contributed by atoms with Gasteiger partial charge in [0.05, 0.1) is 17.5 Å². The Morgan fingerprint density at radius 3 is 2.42 bits per heavy atom. The molecule has 128 valence electrons. The van der Waals surface area contributed by atoms with Crippen molar-refractivity contribution in [3.05, 3.63) is 33.8 Å². The second kappa shape index (κ2) is 7.12. The van der Waals surface area contributed by atoms with E-state index in [4.69, 9.17) is 5.11 Å². The molecular weight excluding hydrogens is 380 g/mol. The van der Waals surface area contributed by atoms with Crippen LogP contribution in [0.5, 0.6) is 0 Å². The largest absolute Gasteiger partial charge is 0.481 e. The average Bonchev–Trinajstić information content (AvgIpc) is 2.71. The van der Waals surface area contributed by atoms with Crippen molar-refractivity contribution in [2.75, 3.05) is 13.1 Å². The van der Waals surface area contributed by atoms with Gasteiger partial charge in [0.15, 0.2) is 0 Å². The smallest absolute Gasteiger partial charge is 0.305 e. The number of hydrogen-bond acceptors (Lipinski definition) is 4. The molecule has 1 aliphatic rings. The molecule has 7 nitrogen and oxygen atoms in total. The number of hydrogen-bond donors (Lipinski definition) is 1. The van der Waals surface area contributed by atoms with Gasteiger partial charge in [-0.1, -0.05) is 15.9 Å². The molecule has 0 radical (unpaired) electrons. The number of benzene rings is 1. The first-order valence-electron chi connectivity index (χ1n) is 7.39. The van der Waals surface area contributed by atoms with Crippen molar-refractivity contribution >= 4 is 39.6 Å². The first-order valence-corrected chi connectivity index (χ1v) is 8.18. The van der Waals surface area contributed by atoms with Gasteiger partial charge >= 0.3 is 5.97 Å². The number of amides is 3. The summed E-state index contributed by atoms with van der Waals surface area (Å²) in [4.78, 5) is 50.1. The van der Waals surface area contributed by atoms with Gasteiger partial charge in [0.1, 0.15) is 6.54 Å². The Bertz CT molecular complexity index is 716. The van der Waals surface area contributed by atoms with Gasteiger partial charge in [0, 0.05) is 17.1 Å². The van der Waals surface area contributed by atoms with Crippen molar-refractivity contribution in [3.8, 4) is 0 Å². The lowest BCUT2D eigenvalue weighted by molar-refractivity contribution is -0.139. The van der Waals surface area contributed by atoms with E-state index in [1.165, 1.54) is 11.0 Å². The standard InChI is InChI=1S/C16H17BrN2O5/c1-9(2)18(6-5-14(21)22)13(20)8-19-15(23)11-4-3-10(17)7-12(11)16(19)24/h3-4,7,9H,5-6,8H2,1-2H3,(H,21,22). The molecule has 0 aliphatic carbocycles. The summed E-state index contributed by atoms with van der Waals surface area (Å²) < 4.78 is 0.667. The molecule has 0 unspecified atom stereocenters. The van der Waals surface area contributed by atoms with E-state index in [0.717, 1.165) is 4.90 Å². The Kier molecular flexibility index (Phi) is 5.38. The summed E-state index contributed by atoms with van der Waals surface area (Å²) in [6.07, 6.45) is -0.195. The van der Waals surface area contributed by atoms with Gasteiger partial charge in [-0.25, -0.2) is 0 Å². The maximum atomic E-state index is 12.4.